The highest BCUT2D eigenvalue weighted by Crippen LogP contribution is 2.43. The molecule has 20 heavy (non-hydrogen) atoms. The monoisotopic (exact) mass is 277 g/mol. The van der Waals surface area contributed by atoms with Crippen LogP contribution in [0.15, 0.2) is 12.2 Å². The minimum atomic E-state index is 0.0463. The molecule has 112 valence electrons. The third-order valence-electron chi connectivity index (χ3n) is 5.40. The average molecular weight is 277 g/mol. The number of piperidine rings is 1. The molecule has 1 saturated carbocycles. The normalized spacial score (nSPS) is 45.4. The standard InChI is InChI=1S/C17H27NO2/c1-11-5-3-7-14(18-11)10-9-13-6-4-8-15-16(13)12(2)20-17(15)19/h9-16,18H,3-8H2,1-2H3/b10-9+/t11-,12-,13-,14+,15-,16+/m0/s1. The van der Waals surface area contributed by atoms with Gasteiger partial charge in [-0.05, 0) is 45.4 Å². The number of fused-ring (bicyclic) bond motifs is 1. The second kappa shape index (κ2) is 5.88. The third-order valence-corrected chi connectivity index (χ3v) is 5.40. The van der Waals surface area contributed by atoms with Gasteiger partial charge in [-0.25, -0.2) is 0 Å². The lowest BCUT2D eigenvalue weighted by Gasteiger charge is -2.32. The number of carbonyl (C=O) groups excluding carboxylic acids is 1. The molecule has 0 unspecified atom stereocenters. The minimum Gasteiger partial charge on any atom is -0.462 e. The molecule has 0 aromatic rings. The maximum atomic E-state index is 11.9. The summed E-state index contributed by atoms with van der Waals surface area (Å²) in [6.45, 7) is 4.33. The van der Waals surface area contributed by atoms with Gasteiger partial charge in [0, 0.05) is 18.0 Å². The van der Waals surface area contributed by atoms with E-state index in [9.17, 15) is 4.79 Å². The average Bonchev–Trinajstić information content (AvgIpc) is 2.73. The van der Waals surface area contributed by atoms with E-state index in [4.69, 9.17) is 4.74 Å². The van der Waals surface area contributed by atoms with Crippen molar-refractivity contribution in [2.75, 3.05) is 0 Å². The van der Waals surface area contributed by atoms with Gasteiger partial charge >= 0.3 is 5.97 Å². The van der Waals surface area contributed by atoms with Gasteiger partial charge in [-0.1, -0.05) is 25.0 Å². The quantitative estimate of drug-likeness (QED) is 0.623. The second-order valence-electron chi connectivity index (χ2n) is 6.91. The van der Waals surface area contributed by atoms with E-state index in [0.29, 0.717) is 23.9 Å². The summed E-state index contributed by atoms with van der Waals surface area (Å²) in [6.07, 6.45) is 12.1. The van der Waals surface area contributed by atoms with Crippen molar-refractivity contribution in [2.24, 2.45) is 17.8 Å². The van der Waals surface area contributed by atoms with Crippen molar-refractivity contribution < 1.29 is 9.53 Å². The Balaban J connectivity index is 1.65. The Morgan fingerprint density at radius 3 is 2.70 bits per heavy atom. The smallest absolute Gasteiger partial charge is 0.309 e. The van der Waals surface area contributed by atoms with E-state index in [1.54, 1.807) is 0 Å². The van der Waals surface area contributed by atoms with Crippen LogP contribution in [0.4, 0.5) is 0 Å². The SMILES string of the molecule is C[C@@H]1OC(=O)[C@H]2CCC[C@@H](/C=C/[C@H]3CCC[C@H](C)N3)[C@@H]12. The van der Waals surface area contributed by atoms with Crippen LogP contribution < -0.4 is 5.32 Å². The summed E-state index contributed by atoms with van der Waals surface area (Å²) >= 11 is 0. The Kier molecular flexibility index (Phi) is 4.16. The molecule has 2 aliphatic heterocycles. The van der Waals surface area contributed by atoms with E-state index in [1.165, 1.54) is 25.7 Å². The van der Waals surface area contributed by atoms with Crippen LogP contribution in [0.3, 0.4) is 0 Å². The van der Waals surface area contributed by atoms with E-state index in [-0.39, 0.29) is 18.0 Å². The number of rotatable bonds is 2. The van der Waals surface area contributed by atoms with Gasteiger partial charge in [0.2, 0.25) is 0 Å². The first-order valence-corrected chi connectivity index (χ1v) is 8.30. The first-order chi connectivity index (χ1) is 9.65. The fourth-order valence-corrected chi connectivity index (χ4v) is 4.39. The van der Waals surface area contributed by atoms with E-state index >= 15 is 0 Å². The van der Waals surface area contributed by atoms with Gasteiger partial charge in [0.1, 0.15) is 6.10 Å². The number of cyclic esters (lactones) is 1. The molecule has 0 aromatic heterocycles. The molecule has 0 radical (unpaired) electrons. The lowest BCUT2D eigenvalue weighted by Crippen LogP contribution is -2.39. The molecule has 3 rings (SSSR count). The Morgan fingerprint density at radius 1 is 1.10 bits per heavy atom. The molecule has 6 atom stereocenters. The molecule has 2 heterocycles. The molecule has 1 N–H and O–H groups in total. The number of carbonyl (C=O) groups is 1. The number of ether oxygens (including phenoxy) is 1. The van der Waals surface area contributed by atoms with Crippen molar-refractivity contribution in [3.63, 3.8) is 0 Å². The maximum Gasteiger partial charge on any atom is 0.309 e. The molecular weight excluding hydrogens is 250 g/mol. The molecule has 2 saturated heterocycles. The Bertz CT molecular complexity index is 392. The van der Waals surface area contributed by atoms with Crippen LogP contribution in [-0.2, 0) is 9.53 Å². The number of esters is 1. The molecule has 3 heteroatoms. The van der Waals surface area contributed by atoms with Crippen molar-refractivity contribution in [3.05, 3.63) is 12.2 Å². The number of allylic oxidation sites excluding steroid dienone is 1. The zero-order valence-corrected chi connectivity index (χ0v) is 12.7. The van der Waals surface area contributed by atoms with Crippen molar-refractivity contribution in [1.29, 1.82) is 0 Å². The first kappa shape index (κ1) is 14.1. The highest BCUT2D eigenvalue weighted by molar-refractivity contribution is 5.75. The molecule has 3 nitrogen and oxygen atoms in total. The predicted molar refractivity (Wildman–Crippen MR) is 79.3 cm³/mol. The molecule has 0 aromatic carbocycles. The summed E-state index contributed by atoms with van der Waals surface area (Å²) in [5.74, 6) is 1.14. The van der Waals surface area contributed by atoms with Crippen molar-refractivity contribution in [2.45, 2.75) is 70.6 Å². The molecule has 0 spiro atoms. The van der Waals surface area contributed by atoms with E-state index in [1.807, 2.05) is 0 Å². The zero-order chi connectivity index (χ0) is 14.1. The van der Waals surface area contributed by atoms with Gasteiger partial charge in [0.05, 0.1) is 5.92 Å². The number of hydrogen-bond donors (Lipinski definition) is 1. The Labute approximate surface area is 122 Å². The molecular formula is C17H27NO2. The largest absolute Gasteiger partial charge is 0.462 e. The molecule has 0 amide bonds. The molecule has 3 aliphatic rings. The number of nitrogens with one attached hydrogen (secondary N) is 1. The van der Waals surface area contributed by atoms with Crippen molar-refractivity contribution in [1.82, 2.24) is 5.32 Å². The van der Waals surface area contributed by atoms with E-state index in [2.05, 4.69) is 31.3 Å². The molecule has 1 aliphatic carbocycles. The van der Waals surface area contributed by atoms with Gasteiger partial charge in [0.15, 0.2) is 0 Å². The Hall–Kier alpha value is -0.830. The van der Waals surface area contributed by atoms with Crippen molar-refractivity contribution >= 4 is 5.97 Å². The summed E-state index contributed by atoms with van der Waals surface area (Å²) in [7, 11) is 0. The fraction of sp³-hybridized carbons (Fsp3) is 0.824. The van der Waals surface area contributed by atoms with Crippen LogP contribution in [0.1, 0.15) is 52.4 Å². The summed E-state index contributed by atoms with van der Waals surface area (Å²) in [4.78, 5) is 11.9. The van der Waals surface area contributed by atoms with Crippen LogP contribution in [0.25, 0.3) is 0 Å². The van der Waals surface area contributed by atoms with Crippen LogP contribution >= 0.6 is 0 Å². The summed E-state index contributed by atoms with van der Waals surface area (Å²) in [6, 6.07) is 1.15. The zero-order valence-electron chi connectivity index (χ0n) is 12.7. The lowest BCUT2D eigenvalue weighted by molar-refractivity contribution is -0.143. The van der Waals surface area contributed by atoms with Gasteiger partial charge in [-0.3, -0.25) is 4.79 Å². The van der Waals surface area contributed by atoms with E-state index in [0.717, 1.165) is 12.8 Å². The van der Waals surface area contributed by atoms with Gasteiger partial charge in [-0.2, -0.15) is 0 Å². The molecule has 0 bridgehead atoms. The molecule has 3 fully saturated rings. The van der Waals surface area contributed by atoms with Crippen LogP contribution in [0.5, 0.6) is 0 Å². The van der Waals surface area contributed by atoms with Crippen LogP contribution in [0, 0.1) is 17.8 Å². The van der Waals surface area contributed by atoms with Gasteiger partial charge in [-0.15, -0.1) is 0 Å². The van der Waals surface area contributed by atoms with Crippen LogP contribution in [-0.4, -0.2) is 24.2 Å². The van der Waals surface area contributed by atoms with Crippen LogP contribution in [0.2, 0.25) is 0 Å². The number of hydrogen-bond acceptors (Lipinski definition) is 3. The van der Waals surface area contributed by atoms with Crippen molar-refractivity contribution in [3.8, 4) is 0 Å². The maximum absolute atomic E-state index is 11.9. The highest BCUT2D eigenvalue weighted by atomic mass is 16.6. The van der Waals surface area contributed by atoms with Gasteiger partial charge in [0.25, 0.3) is 0 Å². The lowest BCUT2D eigenvalue weighted by atomic mass is 9.71. The Morgan fingerprint density at radius 2 is 1.90 bits per heavy atom. The summed E-state index contributed by atoms with van der Waals surface area (Å²) in [5.41, 5.74) is 0. The fourth-order valence-electron chi connectivity index (χ4n) is 4.39. The second-order valence-corrected chi connectivity index (χ2v) is 6.91. The summed E-state index contributed by atoms with van der Waals surface area (Å²) < 4.78 is 5.46. The third kappa shape index (κ3) is 2.78. The van der Waals surface area contributed by atoms with E-state index < -0.39 is 0 Å². The minimum absolute atomic E-state index is 0.0463. The topological polar surface area (TPSA) is 38.3 Å². The first-order valence-electron chi connectivity index (χ1n) is 8.30. The van der Waals surface area contributed by atoms with Gasteiger partial charge < -0.3 is 10.1 Å². The summed E-state index contributed by atoms with van der Waals surface area (Å²) in [5, 5.41) is 3.65. The predicted octanol–water partition coefficient (Wildman–Crippen LogP) is 3.05. The highest BCUT2D eigenvalue weighted by Gasteiger charge is 2.47.